The molecule has 1 N–H and O–H groups in total. The van der Waals surface area contributed by atoms with Crippen molar-refractivity contribution in [3.63, 3.8) is 0 Å². The van der Waals surface area contributed by atoms with Gasteiger partial charge in [0, 0.05) is 18.5 Å². The van der Waals surface area contributed by atoms with Crippen molar-refractivity contribution < 1.29 is 9.18 Å². The van der Waals surface area contributed by atoms with Crippen LogP contribution in [0, 0.1) is 5.82 Å². The number of nitrogens with one attached hydrogen (secondary N) is 1. The zero-order valence-corrected chi connectivity index (χ0v) is 15.1. The highest BCUT2D eigenvalue weighted by Crippen LogP contribution is 2.06. The molecule has 1 heterocycles. The predicted octanol–water partition coefficient (Wildman–Crippen LogP) is 1.78. The zero-order chi connectivity index (χ0) is 19.2. The first-order valence-electron chi connectivity index (χ1n) is 8.67. The molecule has 0 saturated carbocycles. The fourth-order valence-corrected chi connectivity index (χ4v) is 2.85. The van der Waals surface area contributed by atoms with Gasteiger partial charge in [0.25, 0.3) is 5.56 Å². The summed E-state index contributed by atoms with van der Waals surface area (Å²) in [6.45, 7) is 1.36. The number of nitrogens with zero attached hydrogens (tertiary/aromatic N) is 3. The number of benzene rings is 2. The highest BCUT2D eigenvalue weighted by molar-refractivity contribution is 5.80. The van der Waals surface area contributed by atoms with Crippen molar-refractivity contribution in [1.29, 1.82) is 0 Å². The average molecular weight is 368 g/mol. The smallest absolute Gasteiger partial charge is 0.274 e. The quantitative estimate of drug-likeness (QED) is 0.690. The Morgan fingerprint density at radius 2 is 1.93 bits per heavy atom. The lowest BCUT2D eigenvalue weighted by Crippen LogP contribution is -2.37. The molecule has 2 aromatic carbocycles. The maximum absolute atomic E-state index is 12.9. The Bertz CT molecular complexity index is 985. The van der Waals surface area contributed by atoms with E-state index in [1.807, 2.05) is 30.1 Å². The van der Waals surface area contributed by atoms with Crippen LogP contribution >= 0.6 is 0 Å². The van der Waals surface area contributed by atoms with Gasteiger partial charge in [0.15, 0.2) is 0 Å². The number of fused-ring (bicyclic) bond motifs is 1. The van der Waals surface area contributed by atoms with Gasteiger partial charge in [-0.1, -0.05) is 30.3 Å². The first kappa shape index (κ1) is 18.7. The molecule has 0 saturated heterocycles. The lowest BCUT2D eigenvalue weighted by atomic mass is 10.2. The van der Waals surface area contributed by atoms with E-state index >= 15 is 0 Å². The molecule has 3 aromatic rings. The van der Waals surface area contributed by atoms with E-state index in [1.165, 1.54) is 16.8 Å². The predicted molar refractivity (Wildman–Crippen MR) is 102 cm³/mol. The lowest BCUT2D eigenvalue weighted by molar-refractivity contribution is -0.122. The third-order valence-electron chi connectivity index (χ3n) is 4.19. The lowest BCUT2D eigenvalue weighted by Gasteiger charge is -2.16. The van der Waals surface area contributed by atoms with Gasteiger partial charge in [0.1, 0.15) is 5.82 Å². The third kappa shape index (κ3) is 4.98. The largest absolute Gasteiger partial charge is 0.353 e. The molecule has 0 atom stereocenters. The SMILES string of the molecule is CN(CC(=O)NCCn1ncc2ccccc2c1=O)Cc1ccc(F)cc1. The molecule has 0 fully saturated rings. The Labute approximate surface area is 156 Å². The molecule has 6 nitrogen and oxygen atoms in total. The number of aromatic nitrogens is 2. The van der Waals surface area contributed by atoms with Crippen molar-refractivity contribution in [2.75, 3.05) is 20.1 Å². The number of rotatable bonds is 7. The first-order valence-corrected chi connectivity index (χ1v) is 8.67. The van der Waals surface area contributed by atoms with E-state index in [-0.39, 0.29) is 23.8 Å². The summed E-state index contributed by atoms with van der Waals surface area (Å²) in [5.74, 6) is -0.426. The maximum atomic E-state index is 12.9. The molecule has 3 rings (SSSR count). The molecule has 0 radical (unpaired) electrons. The summed E-state index contributed by atoms with van der Waals surface area (Å²) in [4.78, 5) is 26.3. The number of hydrogen-bond donors (Lipinski definition) is 1. The van der Waals surface area contributed by atoms with Gasteiger partial charge in [-0.25, -0.2) is 9.07 Å². The standard InChI is InChI=1S/C20H21FN4O2/c1-24(13-15-6-8-17(21)9-7-15)14-19(26)22-10-11-25-20(27)18-5-3-2-4-16(18)12-23-25/h2-9,12H,10-11,13-14H2,1H3,(H,22,26). The molecular weight excluding hydrogens is 347 g/mol. The summed E-state index contributed by atoms with van der Waals surface area (Å²) in [7, 11) is 1.82. The first-order chi connectivity index (χ1) is 13.0. The van der Waals surface area contributed by atoms with Gasteiger partial charge in [-0.3, -0.25) is 14.5 Å². The molecule has 140 valence electrons. The van der Waals surface area contributed by atoms with E-state index in [0.717, 1.165) is 10.9 Å². The highest BCUT2D eigenvalue weighted by Gasteiger charge is 2.08. The van der Waals surface area contributed by atoms with Crippen LogP contribution in [-0.2, 0) is 17.9 Å². The van der Waals surface area contributed by atoms with Crippen LogP contribution in [0.15, 0.2) is 59.5 Å². The van der Waals surface area contributed by atoms with Crippen LogP contribution in [0.25, 0.3) is 10.8 Å². The van der Waals surface area contributed by atoms with Crippen molar-refractivity contribution in [1.82, 2.24) is 20.0 Å². The van der Waals surface area contributed by atoms with Crippen LogP contribution in [0.2, 0.25) is 0 Å². The van der Waals surface area contributed by atoms with Crippen molar-refractivity contribution in [3.05, 3.63) is 76.5 Å². The summed E-state index contributed by atoms with van der Waals surface area (Å²) >= 11 is 0. The van der Waals surface area contributed by atoms with Crippen molar-refractivity contribution in [3.8, 4) is 0 Å². The highest BCUT2D eigenvalue weighted by atomic mass is 19.1. The van der Waals surface area contributed by atoms with E-state index < -0.39 is 0 Å². The molecule has 1 aromatic heterocycles. The van der Waals surface area contributed by atoms with Gasteiger partial charge in [-0.2, -0.15) is 5.10 Å². The van der Waals surface area contributed by atoms with Crippen LogP contribution in [-0.4, -0.2) is 40.7 Å². The molecule has 0 aliphatic rings. The Morgan fingerprint density at radius 1 is 1.19 bits per heavy atom. The van der Waals surface area contributed by atoms with Gasteiger partial charge in [0.05, 0.1) is 24.7 Å². The van der Waals surface area contributed by atoms with E-state index in [1.54, 1.807) is 24.4 Å². The zero-order valence-electron chi connectivity index (χ0n) is 15.1. The minimum Gasteiger partial charge on any atom is -0.353 e. The monoisotopic (exact) mass is 368 g/mol. The molecule has 7 heteroatoms. The molecule has 27 heavy (non-hydrogen) atoms. The number of carbonyl (C=O) groups excluding carboxylic acids is 1. The summed E-state index contributed by atoms with van der Waals surface area (Å²) in [6, 6.07) is 13.5. The Kier molecular flexibility index (Phi) is 5.93. The van der Waals surface area contributed by atoms with Gasteiger partial charge >= 0.3 is 0 Å². The second-order valence-electron chi connectivity index (χ2n) is 6.41. The second-order valence-corrected chi connectivity index (χ2v) is 6.41. The van der Waals surface area contributed by atoms with Crippen molar-refractivity contribution in [2.24, 2.45) is 0 Å². The van der Waals surface area contributed by atoms with Crippen LogP contribution in [0.5, 0.6) is 0 Å². The van der Waals surface area contributed by atoms with Crippen LogP contribution in [0.4, 0.5) is 4.39 Å². The van der Waals surface area contributed by atoms with Crippen LogP contribution < -0.4 is 10.9 Å². The number of amides is 1. The third-order valence-corrected chi connectivity index (χ3v) is 4.19. The fraction of sp³-hybridized carbons (Fsp3) is 0.250. The molecule has 0 aliphatic carbocycles. The topological polar surface area (TPSA) is 67.2 Å². The van der Waals surface area contributed by atoms with Crippen molar-refractivity contribution in [2.45, 2.75) is 13.1 Å². The van der Waals surface area contributed by atoms with Crippen LogP contribution in [0.3, 0.4) is 0 Å². The van der Waals surface area contributed by atoms with E-state index in [0.29, 0.717) is 25.0 Å². The minimum absolute atomic E-state index is 0.145. The summed E-state index contributed by atoms with van der Waals surface area (Å²) < 4.78 is 14.3. The molecular formula is C20H21FN4O2. The Balaban J connectivity index is 1.48. The van der Waals surface area contributed by atoms with E-state index in [4.69, 9.17) is 0 Å². The molecule has 0 spiro atoms. The number of halogens is 1. The second kappa shape index (κ2) is 8.55. The van der Waals surface area contributed by atoms with Crippen LogP contribution in [0.1, 0.15) is 5.56 Å². The molecule has 0 unspecified atom stereocenters. The summed E-state index contributed by atoms with van der Waals surface area (Å²) in [5.41, 5.74) is 0.759. The van der Waals surface area contributed by atoms with Gasteiger partial charge in [0.2, 0.25) is 5.91 Å². The fourth-order valence-electron chi connectivity index (χ4n) is 2.85. The molecule has 1 amide bonds. The summed E-state index contributed by atoms with van der Waals surface area (Å²) in [5, 5.41) is 8.34. The molecule has 0 bridgehead atoms. The number of hydrogen-bond acceptors (Lipinski definition) is 4. The number of likely N-dealkylation sites (N-methyl/N-ethyl adjacent to an activating group) is 1. The maximum Gasteiger partial charge on any atom is 0.274 e. The Hall–Kier alpha value is -3.06. The number of carbonyl (C=O) groups is 1. The molecule has 0 aliphatic heterocycles. The van der Waals surface area contributed by atoms with Crippen molar-refractivity contribution >= 4 is 16.7 Å². The normalized spacial score (nSPS) is 11.1. The average Bonchev–Trinajstić information content (AvgIpc) is 2.65. The van der Waals surface area contributed by atoms with Gasteiger partial charge in [-0.15, -0.1) is 0 Å². The van der Waals surface area contributed by atoms with E-state index in [2.05, 4.69) is 10.4 Å². The summed E-state index contributed by atoms with van der Waals surface area (Å²) in [6.07, 6.45) is 1.65. The van der Waals surface area contributed by atoms with Gasteiger partial charge in [-0.05, 0) is 30.8 Å². The Morgan fingerprint density at radius 3 is 2.70 bits per heavy atom. The van der Waals surface area contributed by atoms with Gasteiger partial charge < -0.3 is 5.32 Å². The van der Waals surface area contributed by atoms with E-state index in [9.17, 15) is 14.0 Å². The minimum atomic E-state index is -0.281.